The molecule has 2 aromatic carbocycles. The van der Waals surface area contributed by atoms with E-state index in [-0.39, 0.29) is 0 Å². The zero-order valence-electron chi connectivity index (χ0n) is 14.0. The number of hydrogen-bond acceptors (Lipinski definition) is 6. The molecule has 1 N–H and O–H groups in total. The van der Waals surface area contributed by atoms with E-state index >= 15 is 0 Å². The molecule has 130 valence electrons. The largest absolute Gasteiger partial charge is 0.490 e. The van der Waals surface area contributed by atoms with Gasteiger partial charge in [0.05, 0.1) is 34.7 Å². The van der Waals surface area contributed by atoms with Crippen LogP contribution in [-0.4, -0.2) is 24.4 Å². The van der Waals surface area contributed by atoms with Crippen LogP contribution in [0.4, 0.5) is 5.13 Å². The van der Waals surface area contributed by atoms with Crippen LogP contribution in [0.5, 0.6) is 11.5 Å². The van der Waals surface area contributed by atoms with Crippen molar-refractivity contribution in [3.63, 3.8) is 0 Å². The number of para-hydroxylation sites is 1. The van der Waals surface area contributed by atoms with Crippen LogP contribution in [0.1, 0.15) is 19.4 Å². The van der Waals surface area contributed by atoms with Crippen molar-refractivity contribution in [1.82, 2.24) is 4.98 Å². The summed E-state index contributed by atoms with van der Waals surface area (Å²) in [5, 5.41) is 5.47. The Balaban J connectivity index is 1.78. The first-order valence-corrected chi connectivity index (χ1v) is 9.14. The maximum atomic E-state index is 6.30. The van der Waals surface area contributed by atoms with Gasteiger partial charge in [0.15, 0.2) is 11.5 Å². The van der Waals surface area contributed by atoms with Gasteiger partial charge in [-0.2, -0.15) is 5.10 Å². The third-order valence-electron chi connectivity index (χ3n) is 3.29. The lowest BCUT2D eigenvalue weighted by atomic mass is 10.2. The van der Waals surface area contributed by atoms with Gasteiger partial charge in [0.2, 0.25) is 5.13 Å². The molecule has 5 nitrogen and oxygen atoms in total. The average molecular weight is 376 g/mol. The van der Waals surface area contributed by atoms with Crippen LogP contribution in [0.3, 0.4) is 0 Å². The van der Waals surface area contributed by atoms with E-state index in [0.717, 1.165) is 20.9 Å². The highest BCUT2D eigenvalue weighted by Gasteiger charge is 2.11. The summed E-state index contributed by atoms with van der Waals surface area (Å²) in [4.78, 5) is 4.47. The summed E-state index contributed by atoms with van der Waals surface area (Å²) < 4.78 is 12.3. The topological polar surface area (TPSA) is 55.7 Å². The van der Waals surface area contributed by atoms with E-state index in [1.807, 2.05) is 44.2 Å². The fourth-order valence-electron chi connectivity index (χ4n) is 2.29. The first kappa shape index (κ1) is 17.5. The van der Waals surface area contributed by atoms with Crippen molar-refractivity contribution >= 4 is 44.5 Å². The minimum atomic E-state index is 0.495. The zero-order chi connectivity index (χ0) is 17.6. The van der Waals surface area contributed by atoms with Gasteiger partial charge < -0.3 is 9.47 Å². The molecule has 0 aliphatic carbocycles. The number of fused-ring (bicyclic) bond motifs is 1. The standard InChI is InChI=1S/C18H18ClN3O2S/c1-3-23-15-10-12(9-13(19)17(15)24-4-2)11-20-22-18-21-14-7-5-6-8-16(14)25-18/h5-11H,3-4H2,1-2H3,(H,21,22)/b20-11-. The van der Waals surface area contributed by atoms with Crippen molar-refractivity contribution in [2.24, 2.45) is 5.10 Å². The Hall–Kier alpha value is -2.31. The van der Waals surface area contributed by atoms with Gasteiger partial charge in [-0.3, -0.25) is 5.43 Å². The maximum absolute atomic E-state index is 6.30. The molecule has 0 atom stereocenters. The summed E-state index contributed by atoms with van der Waals surface area (Å²) in [5.41, 5.74) is 4.72. The van der Waals surface area contributed by atoms with Crippen LogP contribution in [-0.2, 0) is 0 Å². The lowest BCUT2D eigenvalue weighted by Crippen LogP contribution is -2.00. The predicted molar refractivity (Wildman–Crippen MR) is 105 cm³/mol. The second-order valence-electron chi connectivity index (χ2n) is 5.05. The van der Waals surface area contributed by atoms with E-state index in [1.165, 1.54) is 0 Å². The number of hydrogen-bond donors (Lipinski definition) is 1. The minimum absolute atomic E-state index is 0.495. The Morgan fingerprint density at radius 3 is 2.76 bits per heavy atom. The number of halogens is 1. The molecule has 0 saturated carbocycles. The number of ether oxygens (including phenoxy) is 2. The SMILES string of the molecule is CCOc1cc(/C=N\Nc2nc3ccccc3s2)cc(Cl)c1OCC. The van der Waals surface area contributed by atoms with Crippen molar-refractivity contribution in [3.8, 4) is 11.5 Å². The highest BCUT2D eigenvalue weighted by molar-refractivity contribution is 7.22. The van der Waals surface area contributed by atoms with Crippen LogP contribution in [0.15, 0.2) is 41.5 Å². The lowest BCUT2D eigenvalue weighted by Gasteiger charge is -2.13. The molecule has 1 heterocycles. The highest BCUT2D eigenvalue weighted by Crippen LogP contribution is 2.36. The summed E-state index contributed by atoms with van der Waals surface area (Å²) in [6.45, 7) is 4.87. The smallest absolute Gasteiger partial charge is 0.204 e. The molecule has 25 heavy (non-hydrogen) atoms. The number of nitrogens with one attached hydrogen (secondary N) is 1. The molecule has 3 aromatic rings. The predicted octanol–water partition coefficient (Wildman–Crippen LogP) is 5.19. The molecule has 0 fully saturated rings. The Bertz CT molecular complexity index is 862. The Labute approximate surface area is 155 Å². The molecule has 0 spiro atoms. The van der Waals surface area contributed by atoms with Crippen LogP contribution in [0, 0.1) is 0 Å². The summed E-state index contributed by atoms with van der Waals surface area (Å²) in [5.74, 6) is 1.17. The number of hydrazone groups is 1. The monoisotopic (exact) mass is 375 g/mol. The van der Waals surface area contributed by atoms with Crippen LogP contribution >= 0.6 is 22.9 Å². The molecule has 3 rings (SSSR count). The minimum Gasteiger partial charge on any atom is -0.490 e. The number of rotatable bonds is 7. The normalized spacial score (nSPS) is 11.2. The zero-order valence-corrected chi connectivity index (χ0v) is 15.5. The van der Waals surface area contributed by atoms with E-state index in [4.69, 9.17) is 21.1 Å². The van der Waals surface area contributed by atoms with Crippen molar-refractivity contribution in [2.45, 2.75) is 13.8 Å². The van der Waals surface area contributed by atoms with Gasteiger partial charge in [-0.05, 0) is 43.7 Å². The van der Waals surface area contributed by atoms with E-state index in [1.54, 1.807) is 23.6 Å². The Morgan fingerprint density at radius 2 is 2.00 bits per heavy atom. The number of anilines is 1. The van der Waals surface area contributed by atoms with E-state index in [2.05, 4.69) is 15.5 Å². The van der Waals surface area contributed by atoms with Gasteiger partial charge in [0.25, 0.3) is 0 Å². The van der Waals surface area contributed by atoms with Crippen LogP contribution in [0.2, 0.25) is 5.02 Å². The first-order valence-electron chi connectivity index (χ1n) is 7.95. The summed E-state index contributed by atoms with van der Waals surface area (Å²) >= 11 is 7.85. The molecule has 0 amide bonds. The van der Waals surface area contributed by atoms with Crippen molar-refractivity contribution in [1.29, 1.82) is 0 Å². The van der Waals surface area contributed by atoms with Crippen molar-refractivity contribution in [2.75, 3.05) is 18.6 Å². The molecule has 0 bridgehead atoms. The molecular formula is C18H18ClN3O2S. The fourth-order valence-corrected chi connectivity index (χ4v) is 3.38. The molecule has 7 heteroatoms. The molecule has 0 aliphatic heterocycles. The second-order valence-corrected chi connectivity index (χ2v) is 6.49. The van der Waals surface area contributed by atoms with Gasteiger partial charge in [-0.25, -0.2) is 4.98 Å². The molecule has 0 radical (unpaired) electrons. The van der Waals surface area contributed by atoms with E-state index in [0.29, 0.717) is 29.7 Å². The number of aromatic nitrogens is 1. The molecule has 0 saturated heterocycles. The average Bonchev–Trinajstić information content (AvgIpc) is 3.01. The lowest BCUT2D eigenvalue weighted by molar-refractivity contribution is 0.288. The number of benzene rings is 2. The van der Waals surface area contributed by atoms with Crippen molar-refractivity contribution < 1.29 is 9.47 Å². The van der Waals surface area contributed by atoms with Crippen molar-refractivity contribution in [3.05, 3.63) is 47.0 Å². The highest BCUT2D eigenvalue weighted by atomic mass is 35.5. The van der Waals surface area contributed by atoms with Gasteiger partial charge in [0.1, 0.15) is 0 Å². The second kappa shape index (κ2) is 8.18. The third kappa shape index (κ3) is 4.21. The summed E-state index contributed by atoms with van der Waals surface area (Å²) in [6, 6.07) is 11.6. The fraction of sp³-hybridized carbons (Fsp3) is 0.222. The molecule has 1 aromatic heterocycles. The van der Waals surface area contributed by atoms with E-state index in [9.17, 15) is 0 Å². The summed E-state index contributed by atoms with van der Waals surface area (Å²) in [6.07, 6.45) is 1.68. The van der Waals surface area contributed by atoms with Gasteiger partial charge in [-0.1, -0.05) is 35.1 Å². The van der Waals surface area contributed by atoms with Crippen LogP contribution < -0.4 is 14.9 Å². The first-order chi connectivity index (χ1) is 12.2. The summed E-state index contributed by atoms with van der Waals surface area (Å²) in [7, 11) is 0. The number of nitrogens with zero attached hydrogens (tertiary/aromatic N) is 2. The number of thiazole rings is 1. The van der Waals surface area contributed by atoms with Gasteiger partial charge in [-0.15, -0.1) is 0 Å². The molecule has 0 unspecified atom stereocenters. The Kier molecular flexibility index (Phi) is 5.73. The van der Waals surface area contributed by atoms with Gasteiger partial charge >= 0.3 is 0 Å². The quantitative estimate of drug-likeness (QED) is 0.456. The van der Waals surface area contributed by atoms with Crippen LogP contribution in [0.25, 0.3) is 10.2 Å². The van der Waals surface area contributed by atoms with Gasteiger partial charge in [0, 0.05) is 0 Å². The molecular weight excluding hydrogens is 358 g/mol. The molecule has 0 aliphatic rings. The Morgan fingerprint density at radius 1 is 1.20 bits per heavy atom. The third-order valence-corrected chi connectivity index (χ3v) is 4.51. The van der Waals surface area contributed by atoms with E-state index < -0.39 is 0 Å². The maximum Gasteiger partial charge on any atom is 0.204 e.